The third-order valence-electron chi connectivity index (χ3n) is 4.79. The van der Waals surface area contributed by atoms with Crippen LogP contribution in [0.5, 0.6) is 5.75 Å². The molecule has 0 atom stereocenters. The molecule has 160 valence electrons. The minimum absolute atomic E-state index is 0.0413. The number of aryl methyl sites for hydroxylation is 1. The number of nitrogens with zero attached hydrogens (tertiary/aromatic N) is 1. The first kappa shape index (κ1) is 22.2. The number of para-hydroxylation sites is 1. The first-order valence-corrected chi connectivity index (χ1v) is 11.2. The normalized spacial score (nSPS) is 11.1. The molecule has 7 heteroatoms. The lowest BCUT2D eigenvalue weighted by atomic mass is 10.1. The minimum Gasteiger partial charge on any atom is -0.423 e. The van der Waals surface area contributed by atoms with E-state index in [-0.39, 0.29) is 28.5 Å². The van der Waals surface area contributed by atoms with Crippen molar-refractivity contribution in [1.29, 1.82) is 0 Å². The number of benzene rings is 3. The summed E-state index contributed by atoms with van der Waals surface area (Å²) < 4.78 is 33.4. The van der Waals surface area contributed by atoms with Crippen LogP contribution in [0.2, 0.25) is 0 Å². The van der Waals surface area contributed by atoms with E-state index in [1.165, 1.54) is 35.5 Å². The number of ether oxygens (including phenoxy) is 1. The molecule has 0 fully saturated rings. The second-order valence-electron chi connectivity index (χ2n) is 6.96. The van der Waals surface area contributed by atoms with E-state index in [0.717, 1.165) is 0 Å². The van der Waals surface area contributed by atoms with Gasteiger partial charge < -0.3 is 4.74 Å². The topological polar surface area (TPSA) is 80.8 Å². The molecule has 0 aliphatic rings. The lowest BCUT2D eigenvalue weighted by Crippen LogP contribution is -2.31. The SMILES string of the molecule is CCN(c1ccccc1)S(=O)(=O)c1cc(C(=O)Oc2ccc(C(C)=O)cc2)ccc1C. The summed E-state index contributed by atoms with van der Waals surface area (Å²) in [7, 11) is -3.89. The van der Waals surface area contributed by atoms with Crippen LogP contribution in [0.25, 0.3) is 0 Å². The monoisotopic (exact) mass is 437 g/mol. The van der Waals surface area contributed by atoms with Gasteiger partial charge in [0.05, 0.1) is 16.1 Å². The Kier molecular flexibility index (Phi) is 6.56. The van der Waals surface area contributed by atoms with Crippen LogP contribution in [-0.2, 0) is 10.0 Å². The standard InChI is InChI=1S/C24H23NO5S/c1-4-25(21-8-6-5-7-9-21)31(28,29)23-16-20(11-10-17(23)2)24(27)30-22-14-12-19(13-15-22)18(3)26/h5-16H,4H2,1-3H3. The summed E-state index contributed by atoms with van der Waals surface area (Å²) >= 11 is 0. The van der Waals surface area contributed by atoms with Gasteiger partial charge in [-0.25, -0.2) is 13.2 Å². The number of anilines is 1. The van der Waals surface area contributed by atoms with Crippen LogP contribution in [-0.4, -0.2) is 26.7 Å². The molecule has 0 saturated heterocycles. The van der Waals surface area contributed by atoms with Crippen molar-refractivity contribution in [3.05, 3.63) is 89.5 Å². The third kappa shape index (κ3) is 4.83. The molecule has 0 bridgehead atoms. The zero-order valence-corrected chi connectivity index (χ0v) is 18.3. The van der Waals surface area contributed by atoms with Crippen molar-refractivity contribution >= 4 is 27.5 Å². The van der Waals surface area contributed by atoms with Gasteiger partial charge in [-0.05, 0) is 74.9 Å². The summed E-state index contributed by atoms with van der Waals surface area (Å²) in [6.07, 6.45) is 0. The van der Waals surface area contributed by atoms with Crippen molar-refractivity contribution in [2.75, 3.05) is 10.8 Å². The quantitative estimate of drug-likeness (QED) is 0.306. The Balaban J connectivity index is 1.91. The molecule has 0 N–H and O–H groups in total. The predicted octanol–water partition coefficient (Wildman–Crippen LogP) is 4.63. The lowest BCUT2D eigenvalue weighted by molar-refractivity contribution is 0.0734. The van der Waals surface area contributed by atoms with Crippen molar-refractivity contribution in [3.63, 3.8) is 0 Å². The number of esters is 1. The van der Waals surface area contributed by atoms with E-state index in [1.807, 2.05) is 6.07 Å². The van der Waals surface area contributed by atoms with Crippen LogP contribution >= 0.6 is 0 Å². The molecule has 0 amide bonds. The lowest BCUT2D eigenvalue weighted by Gasteiger charge is -2.24. The summed E-state index contributed by atoms with van der Waals surface area (Å²) in [6, 6.07) is 19.4. The van der Waals surface area contributed by atoms with Crippen molar-refractivity contribution < 1.29 is 22.7 Å². The molecule has 0 saturated carbocycles. The van der Waals surface area contributed by atoms with Gasteiger partial charge in [0.25, 0.3) is 10.0 Å². The van der Waals surface area contributed by atoms with Crippen LogP contribution in [0.15, 0.2) is 77.7 Å². The van der Waals surface area contributed by atoms with Crippen molar-refractivity contribution in [2.45, 2.75) is 25.7 Å². The second-order valence-corrected chi connectivity index (χ2v) is 8.79. The van der Waals surface area contributed by atoms with E-state index in [1.54, 1.807) is 56.3 Å². The summed E-state index contributed by atoms with van der Waals surface area (Å²) in [6.45, 7) is 5.12. The van der Waals surface area contributed by atoms with Gasteiger partial charge in [0.2, 0.25) is 0 Å². The molecule has 0 unspecified atom stereocenters. The molecule has 3 aromatic carbocycles. The van der Waals surface area contributed by atoms with Gasteiger partial charge in [0.1, 0.15) is 5.75 Å². The largest absolute Gasteiger partial charge is 0.423 e. The number of hydrogen-bond acceptors (Lipinski definition) is 5. The van der Waals surface area contributed by atoms with Crippen LogP contribution in [0.1, 0.15) is 40.1 Å². The maximum Gasteiger partial charge on any atom is 0.343 e. The molecule has 0 aromatic heterocycles. The van der Waals surface area contributed by atoms with Gasteiger partial charge in [0.15, 0.2) is 5.78 Å². The zero-order valence-electron chi connectivity index (χ0n) is 17.5. The van der Waals surface area contributed by atoms with E-state index >= 15 is 0 Å². The molecule has 0 aliphatic heterocycles. The number of Topliss-reactive ketones (excluding diaryl/α,β-unsaturated/α-hetero) is 1. The fraction of sp³-hybridized carbons (Fsp3) is 0.167. The molecule has 3 rings (SSSR count). The highest BCUT2D eigenvalue weighted by molar-refractivity contribution is 7.92. The Bertz CT molecular complexity index is 1200. The highest BCUT2D eigenvalue weighted by Gasteiger charge is 2.26. The third-order valence-corrected chi connectivity index (χ3v) is 6.84. The molecule has 0 heterocycles. The molecule has 0 radical (unpaired) electrons. The van der Waals surface area contributed by atoms with Gasteiger partial charge in [-0.3, -0.25) is 9.10 Å². The van der Waals surface area contributed by atoms with E-state index in [2.05, 4.69) is 0 Å². The number of carbonyl (C=O) groups excluding carboxylic acids is 2. The first-order chi connectivity index (χ1) is 14.7. The number of sulfonamides is 1. The van der Waals surface area contributed by atoms with Crippen LogP contribution in [0.4, 0.5) is 5.69 Å². The molecule has 0 aliphatic carbocycles. The Morgan fingerprint density at radius 3 is 2.10 bits per heavy atom. The van der Waals surface area contributed by atoms with Gasteiger partial charge in [0, 0.05) is 12.1 Å². The highest BCUT2D eigenvalue weighted by Crippen LogP contribution is 2.27. The number of rotatable bonds is 7. The van der Waals surface area contributed by atoms with Gasteiger partial charge in [-0.1, -0.05) is 24.3 Å². The van der Waals surface area contributed by atoms with Crippen molar-refractivity contribution in [1.82, 2.24) is 0 Å². The van der Waals surface area contributed by atoms with E-state index < -0.39 is 16.0 Å². The summed E-state index contributed by atoms with van der Waals surface area (Å²) in [5, 5.41) is 0. The van der Waals surface area contributed by atoms with Gasteiger partial charge in [-0.15, -0.1) is 0 Å². The summed E-state index contributed by atoms with van der Waals surface area (Å²) in [5.41, 5.74) is 1.69. The maximum absolute atomic E-state index is 13.4. The Labute approximate surface area is 182 Å². The average molecular weight is 438 g/mol. The zero-order chi connectivity index (χ0) is 22.6. The smallest absolute Gasteiger partial charge is 0.343 e. The Morgan fingerprint density at radius 1 is 0.903 bits per heavy atom. The van der Waals surface area contributed by atoms with Crippen LogP contribution in [0.3, 0.4) is 0 Å². The Hall–Kier alpha value is -3.45. The molecular weight excluding hydrogens is 414 g/mol. The molecular formula is C24H23NO5S. The fourth-order valence-electron chi connectivity index (χ4n) is 3.13. The number of ketones is 1. The van der Waals surface area contributed by atoms with Gasteiger partial charge in [-0.2, -0.15) is 0 Å². The average Bonchev–Trinajstić information content (AvgIpc) is 2.75. The van der Waals surface area contributed by atoms with Crippen molar-refractivity contribution in [3.8, 4) is 5.75 Å². The second kappa shape index (κ2) is 9.14. The maximum atomic E-state index is 13.4. The highest BCUT2D eigenvalue weighted by atomic mass is 32.2. The summed E-state index contributed by atoms with van der Waals surface area (Å²) in [4.78, 5) is 24.1. The van der Waals surface area contributed by atoms with E-state index in [9.17, 15) is 18.0 Å². The molecule has 3 aromatic rings. The first-order valence-electron chi connectivity index (χ1n) is 9.75. The van der Waals surface area contributed by atoms with E-state index in [4.69, 9.17) is 4.74 Å². The summed E-state index contributed by atoms with van der Waals surface area (Å²) in [5.74, 6) is -0.514. The van der Waals surface area contributed by atoms with Crippen LogP contribution in [0, 0.1) is 6.92 Å². The van der Waals surface area contributed by atoms with Crippen molar-refractivity contribution in [2.24, 2.45) is 0 Å². The minimum atomic E-state index is -3.89. The van der Waals surface area contributed by atoms with Gasteiger partial charge >= 0.3 is 5.97 Å². The number of carbonyl (C=O) groups is 2. The molecule has 6 nitrogen and oxygen atoms in total. The fourth-order valence-corrected chi connectivity index (χ4v) is 4.86. The predicted molar refractivity (Wildman–Crippen MR) is 119 cm³/mol. The number of hydrogen-bond donors (Lipinski definition) is 0. The van der Waals surface area contributed by atoms with E-state index in [0.29, 0.717) is 16.8 Å². The molecule has 31 heavy (non-hydrogen) atoms. The van der Waals surface area contributed by atoms with Crippen LogP contribution < -0.4 is 9.04 Å². The Morgan fingerprint density at radius 2 is 1.52 bits per heavy atom. The molecule has 0 spiro atoms.